The first kappa shape index (κ1) is 22.0. The standard InChI is InChI=1S/C20H20F4N4O/c1-2-26-19(28-12-16-6-3-15(10-25)9-18(16)21)27-11-14-4-7-17(8-5-14)29-13-20(22,23)24/h3-9H,2,11-13H2,1H3,(H2,26,27,28). The third-order valence-corrected chi connectivity index (χ3v) is 3.72. The monoisotopic (exact) mass is 408 g/mol. The molecular weight excluding hydrogens is 388 g/mol. The molecule has 0 heterocycles. The molecule has 0 atom stereocenters. The van der Waals surface area contributed by atoms with Gasteiger partial charge in [0.25, 0.3) is 0 Å². The van der Waals surface area contributed by atoms with Gasteiger partial charge in [0.05, 0.1) is 18.2 Å². The molecule has 2 aromatic carbocycles. The molecular formula is C20H20F4N4O. The summed E-state index contributed by atoms with van der Waals surface area (Å²) < 4.78 is 55.1. The molecule has 5 nitrogen and oxygen atoms in total. The fourth-order valence-corrected chi connectivity index (χ4v) is 2.31. The number of hydrogen-bond acceptors (Lipinski definition) is 3. The van der Waals surface area contributed by atoms with Crippen LogP contribution in [-0.2, 0) is 13.1 Å². The number of ether oxygens (including phenoxy) is 1. The van der Waals surface area contributed by atoms with Gasteiger partial charge in [0.15, 0.2) is 12.6 Å². The van der Waals surface area contributed by atoms with E-state index in [2.05, 4.69) is 20.4 Å². The first-order chi connectivity index (χ1) is 13.8. The Morgan fingerprint density at radius 2 is 1.86 bits per heavy atom. The van der Waals surface area contributed by atoms with Crippen LogP contribution in [0.1, 0.15) is 23.6 Å². The van der Waals surface area contributed by atoms with E-state index < -0.39 is 18.6 Å². The van der Waals surface area contributed by atoms with Crippen molar-refractivity contribution < 1.29 is 22.3 Å². The van der Waals surface area contributed by atoms with Gasteiger partial charge in [-0.3, -0.25) is 0 Å². The van der Waals surface area contributed by atoms with Crippen LogP contribution in [0.4, 0.5) is 17.6 Å². The van der Waals surface area contributed by atoms with Crippen LogP contribution in [0.2, 0.25) is 0 Å². The number of benzene rings is 2. The van der Waals surface area contributed by atoms with Crippen LogP contribution in [0.15, 0.2) is 47.5 Å². The van der Waals surface area contributed by atoms with E-state index in [1.165, 1.54) is 30.3 Å². The molecule has 0 bridgehead atoms. The second kappa shape index (κ2) is 10.3. The average Bonchev–Trinajstić information content (AvgIpc) is 2.69. The predicted molar refractivity (Wildman–Crippen MR) is 101 cm³/mol. The maximum atomic E-state index is 14.0. The minimum absolute atomic E-state index is 0.122. The molecule has 2 aromatic rings. The lowest BCUT2D eigenvalue weighted by Crippen LogP contribution is -2.37. The molecule has 29 heavy (non-hydrogen) atoms. The molecule has 0 aliphatic heterocycles. The lowest BCUT2D eigenvalue weighted by Gasteiger charge is -2.12. The average molecular weight is 408 g/mol. The van der Waals surface area contributed by atoms with Crippen LogP contribution < -0.4 is 15.4 Å². The molecule has 0 aliphatic carbocycles. The highest BCUT2D eigenvalue weighted by Gasteiger charge is 2.28. The van der Waals surface area contributed by atoms with Crippen LogP contribution >= 0.6 is 0 Å². The highest BCUT2D eigenvalue weighted by atomic mass is 19.4. The van der Waals surface area contributed by atoms with Gasteiger partial charge in [-0.15, -0.1) is 0 Å². The van der Waals surface area contributed by atoms with Crippen molar-refractivity contribution in [3.8, 4) is 11.8 Å². The third-order valence-electron chi connectivity index (χ3n) is 3.72. The lowest BCUT2D eigenvalue weighted by atomic mass is 10.1. The number of alkyl halides is 3. The highest BCUT2D eigenvalue weighted by molar-refractivity contribution is 5.79. The quantitative estimate of drug-likeness (QED) is 0.414. The summed E-state index contributed by atoms with van der Waals surface area (Å²) in [6.45, 7) is 1.57. The highest BCUT2D eigenvalue weighted by Crippen LogP contribution is 2.19. The number of nitrogens with one attached hydrogen (secondary N) is 2. The van der Waals surface area contributed by atoms with Gasteiger partial charge in [-0.05, 0) is 36.8 Å². The summed E-state index contributed by atoms with van der Waals surface area (Å²) in [6.07, 6.45) is -4.39. The molecule has 0 radical (unpaired) electrons. The molecule has 0 amide bonds. The summed E-state index contributed by atoms with van der Waals surface area (Å²) in [5, 5.41) is 14.8. The molecule has 0 aromatic heterocycles. The second-order valence-electron chi connectivity index (χ2n) is 6.01. The van der Waals surface area contributed by atoms with Crippen LogP contribution in [0, 0.1) is 17.1 Å². The summed E-state index contributed by atoms with van der Waals surface area (Å²) in [6, 6.07) is 12.3. The molecule has 9 heteroatoms. The molecule has 0 aliphatic rings. The lowest BCUT2D eigenvalue weighted by molar-refractivity contribution is -0.153. The molecule has 0 spiro atoms. The van der Waals surface area contributed by atoms with Crippen LogP contribution in [0.5, 0.6) is 5.75 Å². The summed E-state index contributed by atoms with van der Waals surface area (Å²) >= 11 is 0. The van der Waals surface area contributed by atoms with Gasteiger partial charge in [0.1, 0.15) is 11.6 Å². The first-order valence-electron chi connectivity index (χ1n) is 8.80. The Hall–Kier alpha value is -3.28. The SMILES string of the molecule is CCNC(=NCc1ccc(OCC(F)(F)F)cc1)NCc1ccc(C#N)cc1F. The van der Waals surface area contributed by atoms with Gasteiger partial charge >= 0.3 is 6.18 Å². The molecule has 2 rings (SSSR count). The predicted octanol–water partition coefficient (Wildman–Crippen LogP) is 3.89. The zero-order valence-corrected chi connectivity index (χ0v) is 15.7. The Balaban J connectivity index is 1.95. The maximum absolute atomic E-state index is 14.0. The number of aliphatic imine (C=N–C) groups is 1. The minimum atomic E-state index is -4.39. The van der Waals surface area contributed by atoms with Gasteiger partial charge in [0, 0.05) is 18.7 Å². The van der Waals surface area contributed by atoms with E-state index >= 15 is 0 Å². The van der Waals surface area contributed by atoms with Crippen molar-refractivity contribution in [3.63, 3.8) is 0 Å². The number of guanidine groups is 1. The number of nitriles is 1. The van der Waals surface area contributed by atoms with Crippen LogP contribution in [-0.4, -0.2) is 25.3 Å². The minimum Gasteiger partial charge on any atom is -0.484 e. The summed E-state index contributed by atoms with van der Waals surface area (Å²) in [7, 11) is 0. The summed E-state index contributed by atoms with van der Waals surface area (Å²) in [5.74, 6) is 0.0897. The van der Waals surface area contributed by atoms with E-state index in [1.54, 1.807) is 12.1 Å². The smallest absolute Gasteiger partial charge is 0.422 e. The molecule has 0 saturated carbocycles. The van der Waals surface area contributed by atoms with Gasteiger partial charge in [-0.25, -0.2) is 9.38 Å². The van der Waals surface area contributed by atoms with Crippen molar-refractivity contribution in [2.75, 3.05) is 13.2 Å². The maximum Gasteiger partial charge on any atom is 0.422 e. The molecule has 0 fully saturated rings. The Morgan fingerprint density at radius 3 is 2.45 bits per heavy atom. The fourth-order valence-electron chi connectivity index (χ4n) is 2.31. The van der Waals surface area contributed by atoms with Gasteiger partial charge < -0.3 is 15.4 Å². The van der Waals surface area contributed by atoms with E-state index in [9.17, 15) is 17.6 Å². The van der Waals surface area contributed by atoms with Crippen molar-refractivity contribution in [1.29, 1.82) is 5.26 Å². The second-order valence-corrected chi connectivity index (χ2v) is 6.01. The molecule has 0 saturated heterocycles. The van der Waals surface area contributed by atoms with Crippen LogP contribution in [0.25, 0.3) is 0 Å². The van der Waals surface area contributed by atoms with Crippen molar-refractivity contribution in [3.05, 3.63) is 65.0 Å². The van der Waals surface area contributed by atoms with Crippen molar-refractivity contribution in [1.82, 2.24) is 10.6 Å². The van der Waals surface area contributed by atoms with E-state index in [1.807, 2.05) is 13.0 Å². The molecule has 154 valence electrons. The third kappa shape index (κ3) is 7.70. The Labute approximate surface area is 166 Å². The zero-order valence-electron chi connectivity index (χ0n) is 15.7. The van der Waals surface area contributed by atoms with E-state index in [0.29, 0.717) is 18.1 Å². The van der Waals surface area contributed by atoms with Gasteiger partial charge in [-0.2, -0.15) is 18.4 Å². The zero-order chi connectivity index (χ0) is 21.3. The van der Waals surface area contributed by atoms with E-state index in [-0.39, 0.29) is 24.4 Å². The van der Waals surface area contributed by atoms with Crippen molar-refractivity contribution in [2.45, 2.75) is 26.2 Å². The number of halogens is 4. The van der Waals surface area contributed by atoms with Gasteiger partial charge in [-0.1, -0.05) is 18.2 Å². The number of hydrogen-bond donors (Lipinski definition) is 2. The van der Waals surface area contributed by atoms with Crippen LogP contribution in [0.3, 0.4) is 0 Å². The van der Waals surface area contributed by atoms with Crippen molar-refractivity contribution >= 4 is 5.96 Å². The Bertz CT molecular complexity index is 874. The van der Waals surface area contributed by atoms with E-state index in [0.717, 1.165) is 5.56 Å². The number of rotatable bonds is 7. The number of nitrogens with zero attached hydrogens (tertiary/aromatic N) is 2. The normalized spacial score (nSPS) is 11.7. The fraction of sp³-hybridized carbons (Fsp3) is 0.300. The topological polar surface area (TPSA) is 69.4 Å². The largest absolute Gasteiger partial charge is 0.484 e. The molecule has 0 unspecified atom stereocenters. The summed E-state index contributed by atoms with van der Waals surface area (Å²) in [4.78, 5) is 4.38. The molecule has 2 N–H and O–H groups in total. The summed E-state index contributed by atoms with van der Waals surface area (Å²) in [5.41, 5.74) is 1.40. The van der Waals surface area contributed by atoms with E-state index in [4.69, 9.17) is 5.26 Å². The first-order valence-corrected chi connectivity index (χ1v) is 8.80. The Morgan fingerprint density at radius 1 is 1.14 bits per heavy atom. The van der Waals surface area contributed by atoms with Gasteiger partial charge in [0.2, 0.25) is 0 Å². The van der Waals surface area contributed by atoms with Crippen molar-refractivity contribution in [2.24, 2.45) is 4.99 Å². The Kier molecular flexibility index (Phi) is 7.83.